The lowest BCUT2D eigenvalue weighted by molar-refractivity contribution is 0.546. The highest BCUT2D eigenvalue weighted by atomic mass is 32.1. The maximum atomic E-state index is 5.93. The maximum Gasteiger partial charge on any atom is 0.137 e. The van der Waals surface area contributed by atoms with E-state index in [-0.39, 0.29) is 0 Å². The number of rotatable bonds is 4. The summed E-state index contributed by atoms with van der Waals surface area (Å²) in [5, 5.41) is 2.94. The summed E-state index contributed by atoms with van der Waals surface area (Å²) in [6, 6.07) is 8.78. The van der Waals surface area contributed by atoms with Crippen LogP contribution in [0.5, 0.6) is 0 Å². The van der Waals surface area contributed by atoms with E-state index in [4.69, 9.17) is 10.7 Å². The van der Waals surface area contributed by atoms with Gasteiger partial charge in [-0.25, -0.2) is 15.0 Å². The molecule has 1 saturated carbocycles. The van der Waals surface area contributed by atoms with Gasteiger partial charge in [0.2, 0.25) is 0 Å². The molecule has 2 aromatic heterocycles. The zero-order chi connectivity index (χ0) is 16.4. The van der Waals surface area contributed by atoms with Crippen molar-refractivity contribution in [2.24, 2.45) is 5.92 Å². The smallest absolute Gasteiger partial charge is 0.137 e. The lowest BCUT2D eigenvalue weighted by atomic mass is 9.96. The third-order valence-corrected chi connectivity index (χ3v) is 5.58. The molecular formula is C19H20N4S. The highest BCUT2D eigenvalue weighted by Gasteiger charge is 2.16. The third kappa shape index (κ3) is 3.17. The van der Waals surface area contributed by atoms with Crippen molar-refractivity contribution in [2.75, 3.05) is 5.73 Å². The van der Waals surface area contributed by atoms with E-state index in [2.05, 4.69) is 39.6 Å². The number of nitrogens with two attached hydrogens (primary N) is 1. The number of hydrogen-bond donors (Lipinski definition) is 1. The summed E-state index contributed by atoms with van der Waals surface area (Å²) in [7, 11) is 0. The minimum Gasteiger partial charge on any atom is -0.383 e. The van der Waals surface area contributed by atoms with E-state index in [0.29, 0.717) is 5.82 Å². The quantitative estimate of drug-likeness (QED) is 0.757. The predicted octanol–water partition coefficient (Wildman–Crippen LogP) is 4.58. The molecule has 4 rings (SSSR count). The van der Waals surface area contributed by atoms with E-state index in [9.17, 15) is 0 Å². The van der Waals surface area contributed by atoms with E-state index < -0.39 is 0 Å². The molecule has 0 saturated heterocycles. The van der Waals surface area contributed by atoms with Crippen LogP contribution < -0.4 is 5.73 Å². The number of benzene rings is 1. The van der Waals surface area contributed by atoms with Crippen LogP contribution in [0, 0.1) is 5.92 Å². The van der Waals surface area contributed by atoms with Gasteiger partial charge >= 0.3 is 0 Å². The van der Waals surface area contributed by atoms with Crippen molar-refractivity contribution >= 4 is 17.2 Å². The van der Waals surface area contributed by atoms with Crippen molar-refractivity contribution < 1.29 is 0 Å². The molecule has 5 heteroatoms. The summed E-state index contributed by atoms with van der Waals surface area (Å²) in [4.78, 5) is 12.8. The highest BCUT2D eigenvalue weighted by Crippen LogP contribution is 2.32. The van der Waals surface area contributed by atoms with Gasteiger partial charge in [0, 0.05) is 17.1 Å². The fraction of sp³-hybridized carbons (Fsp3) is 0.316. The van der Waals surface area contributed by atoms with Gasteiger partial charge in [0.05, 0.1) is 11.3 Å². The summed E-state index contributed by atoms with van der Waals surface area (Å²) in [6.07, 6.45) is 9.89. The Balaban J connectivity index is 1.59. The molecule has 1 aliphatic carbocycles. The Hall–Kier alpha value is -2.27. The standard InChI is InChI=1S/C19H20N4S/c20-18-16(10-21-12-22-18)19-23-17(11-24-19)15-7-3-6-14(9-15)8-13-4-1-2-5-13/h3,6-7,9-13H,1-2,4-5,8H2,(H2,20,21,22). The molecular weight excluding hydrogens is 316 g/mol. The molecule has 24 heavy (non-hydrogen) atoms. The van der Waals surface area contributed by atoms with Gasteiger partial charge < -0.3 is 5.73 Å². The normalized spacial score (nSPS) is 15.0. The van der Waals surface area contributed by atoms with Crippen LogP contribution in [0.2, 0.25) is 0 Å². The first-order valence-corrected chi connectivity index (χ1v) is 9.28. The SMILES string of the molecule is Nc1ncncc1-c1nc(-c2cccc(CC3CCCC3)c2)cs1. The van der Waals surface area contributed by atoms with Gasteiger partial charge in [0.25, 0.3) is 0 Å². The molecule has 2 heterocycles. The fourth-order valence-electron chi connectivity index (χ4n) is 3.44. The molecule has 3 aromatic rings. The van der Waals surface area contributed by atoms with E-state index >= 15 is 0 Å². The topological polar surface area (TPSA) is 64.7 Å². The average Bonchev–Trinajstić information content (AvgIpc) is 3.27. The molecule has 0 amide bonds. The number of hydrogen-bond acceptors (Lipinski definition) is 5. The molecule has 122 valence electrons. The van der Waals surface area contributed by atoms with Crippen LogP contribution in [0.15, 0.2) is 42.2 Å². The average molecular weight is 336 g/mol. The molecule has 0 aliphatic heterocycles. The Labute approximate surface area is 145 Å². The van der Waals surface area contributed by atoms with Crippen LogP contribution in [0.25, 0.3) is 21.8 Å². The van der Waals surface area contributed by atoms with Crippen LogP contribution in [0.1, 0.15) is 31.2 Å². The fourth-order valence-corrected chi connectivity index (χ4v) is 4.29. The van der Waals surface area contributed by atoms with Crippen LogP contribution in [-0.2, 0) is 6.42 Å². The van der Waals surface area contributed by atoms with Crippen molar-refractivity contribution in [1.82, 2.24) is 15.0 Å². The second kappa shape index (κ2) is 6.69. The second-order valence-corrected chi connectivity index (χ2v) is 7.27. The lowest BCUT2D eigenvalue weighted by Crippen LogP contribution is -1.98. The number of aromatic nitrogens is 3. The van der Waals surface area contributed by atoms with Crippen molar-refractivity contribution in [3.05, 3.63) is 47.7 Å². The van der Waals surface area contributed by atoms with Gasteiger partial charge in [-0.1, -0.05) is 43.9 Å². The van der Waals surface area contributed by atoms with E-state index in [1.54, 1.807) is 17.5 Å². The van der Waals surface area contributed by atoms with Gasteiger partial charge in [0.1, 0.15) is 17.2 Å². The monoisotopic (exact) mass is 336 g/mol. The van der Waals surface area contributed by atoms with Crippen LogP contribution in [-0.4, -0.2) is 15.0 Å². The van der Waals surface area contributed by atoms with Crippen LogP contribution in [0.4, 0.5) is 5.82 Å². The summed E-state index contributed by atoms with van der Waals surface area (Å²) < 4.78 is 0. The molecule has 1 aromatic carbocycles. The highest BCUT2D eigenvalue weighted by molar-refractivity contribution is 7.13. The molecule has 0 spiro atoms. The lowest BCUT2D eigenvalue weighted by Gasteiger charge is -2.09. The number of nitrogens with zero attached hydrogens (tertiary/aromatic N) is 3. The van der Waals surface area contributed by atoms with Gasteiger partial charge in [0.15, 0.2) is 0 Å². The Morgan fingerprint density at radius 1 is 1.21 bits per heavy atom. The Bertz CT molecular complexity index is 837. The number of nitrogen functional groups attached to an aromatic ring is 1. The van der Waals surface area contributed by atoms with Crippen molar-refractivity contribution in [3.8, 4) is 21.8 Å². The largest absolute Gasteiger partial charge is 0.383 e. The molecule has 0 radical (unpaired) electrons. The zero-order valence-corrected chi connectivity index (χ0v) is 14.3. The van der Waals surface area contributed by atoms with Crippen LogP contribution >= 0.6 is 11.3 Å². The summed E-state index contributed by atoms with van der Waals surface area (Å²) >= 11 is 1.58. The first kappa shape index (κ1) is 15.3. The Morgan fingerprint density at radius 3 is 2.92 bits per heavy atom. The molecule has 0 bridgehead atoms. The van der Waals surface area contributed by atoms with Gasteiger partial charge in [-0.15, -0.1) is 11.3 Å². The van der Waals surface area contributed by atoms with E-state index in [1.807, 2.05) is 0 Å². The van der Waals surface area contributed by atoms with E-state index in [0.717, 1.165) is 22.2 Å². The molecule has 1 aliphatic rings. The third-order valence-electron chi connectivity index (χ3n) is 4.70. The second-order valence-electron chi connectivity index (χ2n) is 6.41. The van der Waals surface area contributed by atoms with Crippen LogP contribution in [0.3, 0.4) is 0 Å². The number of anilines is 1. The van der Waals surface area contributed by atoms with Gasteiger partial charge in [-0.2, -0.15) is 0 Å². The van der Waals surface area contributed by atoms with E-state index in [1.165, 1.54) is 49.6 Å². The Morgan fingerprint density at radius 2 is 2.08 bits per heavy atom. The first-order valence-electron chi connectivity index (χ1n) is 8.40. The van der Waals surface area contributed by atoms with Crippen molar-refractivity contribution in [1.29, 1.82) is 0 Å². The molecule has 1 fully saturated rings. The molecule has 4 nitrogen and oxygen atoms in total. The zero-order valence-electron chi connectivity index (χ0n) is 13.5. The summed E-state index contributed by atoms with van der Waals surface area (Å²) in [5.41, 5.74) is 10.3. The van der Waals surface area contributed by atoms with Gasteiger partial charge in [-0.3, -0.25) is 0 Å². The predicted molar refractivity (Wildman–Crippen MR) is 98.7 cm³/mol. The minimum atomic E-state index is 0.473. The Kier molecular flexibility index (Phi) is 4.26. The summed E-state index contributed by atoms with van der Waals surface area (Å²) in [6.45, 7) is 0. The first-order chi connectivity index (χ1) is 11.8. The van der Waals surface area contributed by atoms with Gasteiger partial charge in [-0.05, 0) is 24.0 Å². The molecule has 0 atom stereocenters. The molecule has 0 unspecified atom stereocenters. The van der Waals surface area contributed by atoms with Crippen molar-refractivity contribution in [3.63, 3.8) is 0 Å². The molecule has 2 N–H and O–H groups in total. The number of thiazole rings is 1. The minimum absolute atomic E-state index is 0.473. The summed E-state index contributed by atoms with van der Waals surface area (Å²) in [5.74, 6) is 1.33. The van der Waals surface area contributed by atoms with Crippen molar-refractivity contribution in [2.45, 2.75) is 32.1 Å². The maximum absolute atomic E-state index is 5.93.